The highest BCUT2D eigenvalue weighted by atomic mass is 16.5. The van der Waals surface area contributed by atoms with E-state index in [-0.39, 0.29) is 5.91 Å². The van der Waals surface area contributed by atoms with Crippen LogP contribution in [0.15, 0.2) is 67.0 Å². The van der Waals surface area contributed by atoms with Crippen LogP contribution in [0.3, 0.4) is 0 Å². The zero-order chi connectivity index (χ0) is 19.5. The third kappa shape index (κ3) is 3.56. The largest absolute Gasteiger partial charge is 0.497 e. The maximum absolute atomic E-state index is 13.2. The van der Waals surface area contributed by atoms with Gasteiger partial charge in [-0.05, 0) is 53.1 Å². The lowest BCUT2D eigenvalue weighted by Gasteiger charge is -2.21. The van der Waals surface area contributed by atoms with E-state index in [9.17, 15) is 4.79 Å². The SMILES string of the molecule is COc1cccc(CN2CCN(C)c3cc(-c4ccncc4)ccc3C2=O)c1. The molecule has 2 heterocycles. The van der Waals surface area contributed by atoms with E-state index in [1.54, 1.807) is 19.5 Å². The molecule has 0 atom stereocenters. The van der Waals surface area contributed by atoms with E-state index < -0.39 is 0 Å². The zero-order valence-corrected chi connectivity index (χ0v) is 16.1. The van der Waals surface area contributed by atoms with Gasteiger partial charge in [-0.1, -0.05) is 18.2 Å². The molecule has 5 nitrogen and oxygen atoms in total. The Labute approximate surface area is 165 Å². The van der Waals surface area contributed by atoms with Gasteiger partial charge in [-0.25, -0.2) is 0 Å². The lowest BCUT2D eigenvalue weighted by molar-refractivity contribution is 0.0754. The number of rotatable bonds is 4. The molecule has 3 aromatic rings. The van der Waals surface area contributed by atoms with Crippen LogP contribution in [-0.2, 0) is 6.54 Å². The molecule has 1 aliphatic heterocycles. The number of hydrogen-bond acceptors (Lipinski definition) is 4. The number of pyridine rings is 1. The number of likely N-dealkylation sites (N-methyl/N-ethyl adjacent to an activating group) is 1. The quantitative estimate of drug-likeness (QED) is 0.697. The highest BCUT2D eigenvalue weighted by Crippen LogP contribution is 2.30. The van der Waals surface area contributed by atoms with Crippen LogP contribution >= 0.6 is 0 Å². The standard InChI is InChI=1S/C23H23N3O2/c1-25-12-13-26(16-17-4-3-5-20(14-17)28-2)23(27)21-7-6-19(15-22(21)25)18-8-10-24-11-9-18/h3-11,14-15H,12-13,16H2,1-2H3. The van der Waals surface area contributed by atoms with Crippen molar-refractivity contribution in [1.29, 1.82) is 0 Å². The van der Waals surface area contributed by atoms with Gasteiger partial charge >= 0.3 is 0 Å². The minimum absolute atomic E-state index is 0.0587. The number of hydrogen-bond donors (Lipinski definition) is 0. The molecule has 28 heavy (non-hydrogen) atoms. The first-order valence-corrected chi connectivity index (χ1v) is 9.33. The second-order valence-corrected chi connectivity index (χ2v) is 6.97. The van der Waals surface area contributed by atoms with Crippen LogP contribution in [0, 0.1) is 0 Å². The number of anilines is 1. The van der Waals surface area contributed by atoms with Crippen molar-refractivity contribution >= 4 is 11.6 Å². The fraction of sp³-hybridized carbons (Fsp3) is 0.217. The van der Waals surface area contributed by atoms with Crippen molar-refractivity contribution in [2.24, 2.45) is 0 Å². The highest BCUT2D eigenvalue weighted by Gasteiger charge is 2.25. The van der Waals surface area contributed by atoms with Gasteiger partial charge in [0.1, 0.15) is 5.75 Å². The van der Waals surface area contributed by atoms with Crippen molar-refractivity contribution in [2.75, 3.05) is 32.1 Å². The maximum Gasteiger partial charge on any atom is 0.256 e. The molecular weight excluding hydrogens is 350 g/mol. The first kappa shape index (κ1) is 18.0. The Bertz CT molecular complexity index is 988. The van der Waals surface area contributed by atoms with Crippen LogP contribution < -0.4 is 9.64 Å². The summed E-state index contributed by atoms with van der Waals surface area (Å²) in [7, 11) is 3.69. The molecule has 1 aliphatic rings. The fourth-order valence-corrected chi connectivity index (χ4v) is 3.56. The zero-order valence-electron chi connectivity index (χ0n) is 16.1. The number of nitrogens with zero attached hydrogens (tertiary/aromatic N) is 3. The number of ether oxygens (including phenoxy) is 1. The molecule has 1 amide bonds. The fourth-order valence-electron chi connectivity index (χ4n) is 3.56. The molecule has 0 saturated heterocycles. The van der Waals surface area contributed by atoms with Gasteiger partial charge in [-0.2, -0.15) is 0 Å². The van der Waals surface area contributed by atoms with Gasteiger partial charge < -0.3 is 14.5 Å². The summed E-state index contributed by atoms with van der Waals surface area (Å²) < 4.78 is 5.31. The Balaban J connectivity index is 1.64. The summed E-state index contributed by atoms with van der Waals surface area (Å²) >= 11 is 0. The van der Waals surface area contributed by atoms with Crippen LogP contribution in [0.2, 0.25) is 0 Å². The van der Waals surface area contributed by atoms with Gasteiger partial charge in [-0.15, -0.1) is 0 Å². The predicted octanol–water partition coefficient (Wildman–Crippen LogP) is 3.85. The summed E-state index contributed by atoms with van der Waals surface area (Å²) in [6, 6.07) is 17.9. The first-order valence-electron chi connectivity index (χ1n) is 9.33. The second-order valence-electron chi connectivity index (χ2n) is 6.97. The number of benzene rings is 2. The minimum Gasteiger partial charge on any atom is -0.497 e. The molecule has 4 rings (SSSR count). The van der Waals surface area contributed by atoms with Crippen molar-refractivity contribution in [3.63, 3.8) is 0 Å². The number of amides is 1. The molecule has 0 bridgehead atoms. The normalized spacial score (nSPS) is 13.9. The lowest BCUT2D eigenvalue weighted by Crippen LogP contribution is -2.33. The van der Waals surface area contributed by atoms with Crippen molar-refractivity contribution in [3.05, 3.63) is 78.1 Å². The van der Waals surface area contributed by atoms with E-state index in [1.165, 1.54) is 0 Å². The summed E-state index contributed by atoms with van der Waals surface area (Å²) in [5.41, 5.74) is 4.94. The number of aromatic nitrogens is 1. The van der Waals surface area contributed by atoms with E-state index in [2.05, 4.69) is 16.0 Å². The Hall–Kier alpha value is -3.34. The summed E-state index contributed by atoms with van der Waals surface area (Å²) in [5, 5.41) is 0. The van der Waals surface area contributed by atoms with E-state index >= 15 is 0 Å². The Morgan fingerprint density at radius 3 is 2.61 bits per heavy atom. The van der Waals surface area contributed by atoms with Crippen LogP contribution in [0.4, 0.5) is 5.69 Å². The molecule has 0 aliphatic carbocycles. The molecule has 1 aromatic heterocycles. The maximum atomic E-state index is 13.2. The van der Waals surface area contributed by atoms with Gasteiger partial charge in [0.2, 0.25) is 0 Å². The minimum atomic E-state index is 0.0587. The number of fused-ring (bicyclic) bond motifs is 1. The average Bonchev–Trinajstić information content (AvgIpc) is 2.86. The summed E-state index contributed by atoms with van der Waals surface area (Å²) in [4.78, 5) is 21.4. The monoisotopic (exact) mass is 373 g/mol. The molecular formula is C23H23N3O2. The molecule has 0 radical (unpaired) electrons. The topological polar surface area (TPSA) is 45.7 Å². The van der Waals surface area contributed by atoms with E-state index in [0.717, 1.165) is 40.2 Å². The Kier molecular flexibility index (Phi) is 4.98. The molecule has 0 fully saturated rings. The molecule has 0 saturated carbocycles. The summed E-state index contributed by atoms with van der Waals surface area (Å²) in [6.07, 6.45) is 3.57. The predicted molar refractivity (Wildman–Crippen MR) is 111 cm³/mol. The molecule has 0 unspecified atom stereocenters. The van der Waals surface area contributed by atoms with Gasteiger partial charge in [0.05, 0.1) is 12.7 Å². The van der Waals surface area contributed by atoms with Crippen LogP contribution in [0.1, 0.15) is 15.9 Å². The van der Waals surface area contributed by atoms with E-state index in [0.29, 0.717) is 13.1 Å². The smallest absolute Gasteiger partial charge is 0.256 e. The molecule has 0 N–H and O–H groups in total. The average molecular weight is 373 g/mol. The van der Waals surface area contributed by atoms with Crippen LogP contribution in [0.25, 0.3) is 11.1 Å². The van der Waals surface area contributed by atoms with Gasteiger partial charge in [0.25, 0.3) is 5.91 Å². The summed E-state index contributed by atoms with van der Waals surface area (Å²) in [6.45, 7) is 2.02. The van der Waals surface area contributed by atoms with Crippen molar-refractivity contribution in [1.82, 2.24) is 9.88 Å². The number of methoxy groups -OCH3 is 1. The Morgan fingerprint density at radius 2 is 1.82 bits per heavy atom. The lowest BCUT2D eigenvalue weighted by atomic mass is 10.0. The van der Waals surface area contributed by atoms with E-state index in [1.807, 2.05) is 60.5 Å². The second kappa shape index (κ2) is 7.72. The third-order valence-electron chi connectivity index (χ3n) is 5.15. The third-order valence-corrected chi connectivity index (χ3v) is 5.15. The van der Waals surface area contributed by atoms with Crippen LogP contribution in [-0.4, -0.2) is 43.0 Å². The van der Waals surface area contributed by atoms with Crippen molar-refractivity contribution < 1.29 is 9.53 Å². The van der Waals surface area contributed by atoms with Crippen molar-refractivity contribution in [2.45, 2.75) is 6.54 Å². The highest BCUT2D eigenvalue weighted by molar-refractivity contribution is 6.01. The van der Waals surface area contributed by atoms with Gasteiger partial charge in [0.15, 0.2) is 0 Å². The summed E-state index contributed by atoms with van der Waals surface area (Å²) in [5.74, 6) is 0.864. The molecule has 5 heteroatoms. The molecule has 142 valence electrons. The first-order chi connectivity index (χ1) is 13.7. The number of carbonyl (C=O) groups excluding carboxylic acids is 1. The molecule has 2 aromatic carbocycles. The Morgan fingerprint density at radius 1 is 1.00 bits per heavy atom. The number of carbonyl (C=O) groups is 1. The van der Waals surface area contributed by atoms with Gasteiger partial charge in [-0.3, -0.25) is 9.78 Å². The van der Waals surface area contributed by atoms with Crippen LogP contribution in [0.5, 0.6) is 5.75 Å². The van der Waals surface area contributed by atoms with Gasteiger partial charge in [0, 0.05) is 44.8 Å². The van der Waals surface area contributed by atoms with E-state index in [4.69, 9.17) is 4.74 Å². The van der Waals surface area contributed by atoms with Crippen molar-refractivity contribution in [3.8, 4) is 16.9 Å². The molecule has 0 spiro atoms.